The molecule has 2 aromatic carbocycles. The van der Waals surface area contributed by atoms with Crippen LogP contribution in [0.4, 0.5) is 0 Å². The van der Waals surface area contributed by atoms with Gasteiger partial charge in [0.25, 0.3) is 17.7 Å². The molecule has 4 rings (SSSR count). The second-order valence-electron chi connectivity index (χ2n) is 7.82. The molecule has 0 N–H and O–H groups in total. The number of hydrogen-bond acceptors (Lipinski definition) is 4. The topological polar surface area (TPSA) is 74.8 Å². The highest BCUT2D eigenvalue weighted by Crippen LogP contribution is 2.38. The van der Waals surface area contributed by atoms with Crippen molar-refractivity contribution in [1.82, 2.24) is 10.0 Å². The number of amides is 3. The zero-order valence-electron chi connectivity index (χ0n) is 17.0. The van der Waals surface area contributed by atoms with Gasteiger partial charge in [0.05, 0.1) is 22.4 Å². The summed E-state index contributed by atoms with van der Waals surface area (Å²) in [6.07, 6.45) is 2.86. The number of rotatable bonds is 5. The van der Waals surface area contributed by atoms with Crippen LogP contribution in [0.1, 0.15) is 40.5 Å². The van der Waals surface area contributed by atoms with Crippen LogP contribution in [0.15, 0.2) is 66.2 Å². The smallest absolute Gasteiger partial charge is 0.274 e. The Kier molecular flexibility index (Phi) is 5.74. The number of halogens is 1. The minimum Gasteiger partial charge on any atom is -0.292 e. The molecule has 2 atom stereocenters. The summed E-state index contributed by atoms with van der Waals surface area (Å²) in [5.41, 5.74) is 1.54. The van der Waals surface area contributed by atoms with Crippen molar-refractivity contribution in [2.45, 2.75) is 19.8 Å². The van der Waals surface area contributed by atoms with Gasteiger partial charge in [-0.15, -0.1) is 0 Å². The molecule has 6 nitrogen and oxygen atoms in total. The van der Waals surface area contributed by atoms with E-state index < -0.39 is 36.1 Å². The molecule has 2 aromatic rings. The number of nitrogens with zero attached hydrogens (tertiary/aromatic N) is 2. The largest absolute Gasteiger partial charge is 0.292 e. The molecule has 1 aliphatic carbocycles. The van der Waals surface area contributed by atoms with E-state index in [9.17, 15) is 19.2 Å². The van der Waals surface area contributed by atoms with E-state index in [2.05, 4.69) is 0 Å². The lowest BCUT2D eigenvalue weighted by Crippen LogP contribution is -2.52. The van der Waals surface area contributed by atoms with Gasteiger partial charge in [0, 0.05) is 5.56 Å². The van der Waals surface area contributed by atoms with Crippen LogP contribution in [0, 0.1) is 11.8 Å². The predicted octanol–water partition coefficient (Wildman–Crippen LogP) is 3.92. The summed E-state index contributed by atoms with van der Waals surface area (Å²) in [6, 6.07) is 14.8. The molecule has 0 bridgehead atoms. The number of hydrogen-bond donors (Lipinski definition) is 0. The quantitative estimate of drug-likeness (QED) is 0.404. The van der Waals surface area contributed by atoms with E-state index in [-0.39, 0.29) is 16.4 Å². The van der Waals surface area contributed by atoms with Crippen LogP contribution in [0.2, 0.25) is 5.02 Å². The molecule has 3 amide bonds. The van der Waals surface area contributed by atoms with Gasteiger partial charge in [-0.2, -0.15) is 5.01 Å². The maximum atomic E-state index is 13.4. The molecule has 7 heteroatoms. The second kappa shape index (κ2) is 8.47. The number of carbonyl (C=O) groups is 4. The SMILES string of the molecule is CC1=CC[C@@H]2C(=O)N(N(CC(=O)c3ccccc3)C(=O)c3ccccc3Cl)C(=O)[C@@H]2C1. The van der Waals surface area contributed by atoms with Crippen molar-refractivity contribution >= 4 is 35.1 Å². The van der Waals surface area contributed by atoms with Gasteiger partial charge in [-0.3, -0.25) is 19.2 Å². The van der Waals surface area contributed by atoms with Crippen molar-refractivity contribution in [2.75, 3.05) is 6.54 Å². The van der Waals surface area contributed by atoms with Gasteiger partial charge >= 0.3 is 0 Å². The number of allylic oxidation sites excluding steroid dienone is 2. The molecular weight excluding hydrogens is 416 g/mol. The van der Waals surface area contributed by atoms with Gasteiger partial charge in [-0.1, -0.05) is 65.7 Å². The molecule has 0 unspecified atom stereocenters. The van der Waals surface area contributed by atoms with Gasteiger partial charge in [0.1, 0.15) is 6.54 Å². The third kappa shape index (κ3) is 3.91. The van der Waals surface area contributed by atoms with E-state index in [1.807, 2.05) is 13.0 Å². The lowest BCUT2D eigenvalue weighted by Gasteiger charge is -2.30. The highest BCUT2D eigenvalue weighted by molar-refractivity contribution is 6.34. The number of Topliss-reactive ketones (excluding diaryl/α,β-unsaturated/α-hetero) is 1. The Balaban J connectivity index is 1.71. The molecule has 31 heavy (non-hydrogen) atoms. The number of imide groups is 1. The fourth-order valence-corrected chi connectivity index (χ4v) is 4.33. The zero-order chi connectivity index (χ0) is 22.1. The average Bonchev–Trinajstić information content (AvgIpc) is 3.02. The average molecular weight is 437 g/mol. The number of carbonyl (C=O) groups excluding carboxylic acids is 4. The number of benzene rings is 2. The van der Waals surface area contributed by atoms with Crippen molar-refractivity contribution in [1.29, 1.82) is 0 Å². The highest BCUT2D eigenvalue weighted by Gasteiger charge is 2.51. The number of fused-ring (bicyclic) bond motifs is 1. The Bertz CT molecular complexity index is 1100. The maximum Gasteiger partial charge on any atom is 0.274 e. The minimum absolute atomic E-state index is 0.120. The third-order valence-electron chi connectivity index (χ3n) is 5.77. The number of hydrazine groups is 1. The standard InChI is InChI=1S/C24H21ClN2O4/c1-15-11-12-17-19(13-15)24(31)27(23(17)30)26(14-21(28)16-7-3-2-4-8-16)22(29)18-9-5-6-10-20(18)25/h2-11,17,19H,12-14H2,1H3/t17-,19+/m0/s1. The van der Waals surface area contributed by atoms with E-state index in [0.717, 1.165) is 15.6 Å². The first kappa shape index (κ1) is 21.0. The molecule has 0 aromatic heterocycles. The van der Waals surface area contributed by atoms with Crippen LogP contribution < -0.4 is 0 Å². The van der Waals surface area contributed by atoms with Gasteiger partial charge in [-0.05, 0) is 31.9 Å². The van der Waals surface area contributed by atoms with Gasteiger partial charge < -0.3 is 0 Å². The molecule has 0 radical (unpaired) electrons. The van der Waals surface area contributed by atoms with Crippen molar-refractivity contribution in [3.8, 4) is 0 Å². The maximum absolute atomic E-state index is 13.4. The Morgan fingerprint density at radius 3 is 2.35 bits per heavy atom. The van der Waals surface area contributed by atoms with E-state index >= 15 is 0 Å². The first-order valence-electron chi connectivity index (χ1n) is 10.1. The van der Waals surface area contributed by atoms with E-state index in [1.165, 1.54) is 6.07 Å². The summed E-state index contributed by atoms with van der Waals surface area (Å²) in [5.74, 6) is -3.01. The molecule has 0 saturated carbocycles. The van der Waals surface area contributed by atoms with Gasteiger partial charge in [0.15, 0.2) is 5.78 Å². The molecule has 2 aliphatic rings. The summed E-state index contributed by atoms with van der Waals surface area (Å²) >= 11 is 6.21. The third-order valence-corrected chi connectivity index (χ3v) is 6.10. The van der Waals surface area contributed by atoms with E-state index in [0.29, 0.717) is 18.4 Å². The highest BCUT2D eigenvalue weighted by atomic mass is 35.5. The van der Waals surface area contributed by atoms with Crippen LogP contribution in [-0.4, -0.2) is 40.1 Å². The lowest BCUT2D eigenvalue weighted by atomic mass is 9.82. The van der Waals surface area contributed by atoms with Crippen molar-refractivity contribution in [3.63, 3.8) is 0 Å². The molecular formula is C24H21ClN2O4. The van der Waals surface area contributed by atoms with Crippen molar-refractivity contribution < 1.29 is 19.2 Å². The first-order valence-corrected chi connectivity index (χ1v) is 10.4. The van der Waals surface area contributed by atoms with E-state index in [1.54, 1.807) is 48.5 Å². The van der Waals surface area contributed by atoms with Crippen LogP contribution in [-0.2, 0) is 9.59 Å². The van der Waals surface area contributed by atoms with Crippen LogP contribution in [0.25, 0.3) is 0 Å². The van der Waals surface area contributed by atoms with Crippen LogP contribution in [0.3, 0.4) is 0 Å². The molecule has 1 saturated heterocycles. The Morgan fingerprint density at radius 2 is 1.65 bits per heavy atom. The molecule has 158 valence electrons. The summed E-state index contributed by atoms with van der Waals surface area (Å²) in [7, 11) is 0. The van der Waals surface area contributed by atoms with Crippen molar-refractivity contribution in [2.24, 2.45) is 11.8 Å². The zero-order valence-corrected chi connectivity index (χ0v) is 17.7. The van der Waals surface area contributed by atoms with E-state index in [4.69, 9.17) is 11.6 Å². The Hall–Kier alpha value is -3.25. The summed E-state index contributed by atoms with van der Waals surface area (Å²) in [6.45, 7) is 1.47. The predicted molar refractivity (Wildman–Crippen MR) is 115 cm³/mol. The summed E-state index contributed by atoms with van der Waals surface area (Å²) in [4.78, 5) is 52.7. The lowest BCUT2D eigenvalue weighted by molar-refractivity contribution is -0.154. The Labute approximate surface area is 185 Å². The number of ketones is 1. The Morgan fingerprint density at radius 1 is 1.00 bits per heavy atom. The molecule has 0 spiro atoms. The minimum atomic E-state index is -0.667. The summed E-state index contributed by atoms with van der Waals surface area (Å²) in [5, 5.41) is 2.00. The monoisotopic (exact) mass is 436 g/mol. The fourth-order valence-electron chi connectivity index (χ4n) is 4.12. The second-order valence-corrected chi connectivity index (χ2v) is 8.23. The first-order chi connectivity index (χ1) is 14.9. The molecule has 1 heterocycles. The van der Waals surface area contributed by atoms with Crippen LogP contribution in [0.5, 0.6) is 0 Å². The van der Waals surface area contributed by atoms with Gasteiger partial charge in [0.2, 0.25) is 0 Å². The summed E-state index contributed by atoms with van der Waals surface area (Å²) < 4.78 is 0. The van der Waals surface area contributed by atoms with Crippen molar-refractivity contribution in [3.05, 3.63) is 82.4 Å². The van der Waals surface area contributed by atoms with Crippen LogP contribution >= 0.6 is 11.6 Å². The van der Waals surface area contributed by atoms with Gasteiger partial charge in [-0.25, -0.2) is 5.01 Å². The fraction of sp³-hybridized carbons (Fsp3) is 0.250. The normalized spacial score (nSPS) is 20.3. The molecule has 1 fully saturated rings. The molecule has 1 aliphatic heterocycles.